The average molecular weight is 322 g/mol. The van der Waals surface area contributed by atoms with Gasteiger partial charge in [0, 0.05) is 4.47 Å². The third-order valence-corrected chi connectivity index (χ3v) is 4.14. The second-order valence-electron chi connectivity index (χ2n) is 3.77. The molecule has 0 aliphatic carbocycles. The molecule has 0 saturated heterocycles. The first-order valence-corrected chi connectivity index (χ1v) is 6.96. The lowest BCUT2D eigenvalue weighted by Gasteiger charge is -1.99. The van der Waals surface area contributed by atoms with Gasteiger partial charge in [0.25, 0.3) is 5.91 Å². The highest BCUT2D eigenvalue weighted by atomic mass is 79.9. The minimum Gasteiger partial charge on any atom is -0.272 e. The SMILES string of the molecule is O=C1C(/C=C\c2cccc(Br)c2)Sc2nncn21. The normalized spacial score (nSPS) is 18.5. The van der Waals surface area contributed by atoms with Gasteiger partial charge in [-0.15, -0.1) is 10.2 Å². The first-order valence-electron chi connectivity index (χ1n) is 5.29. The van der Waals surface area contributed by atoms with Crippen molar-refractivity contribution in [1.82, 2.24) is 14.8 Å². The number of carbonyl (C=O) groups is 1. The first-order chi connectivity index (χ1) is 8.74. The zero-order chi connectivity index (χ0) is 12.5. The van der Waals surface area contributed by atoms with Gasteiger partial charge in [-0.25, -0.2) is 4.57 Å². The molecule has 0 bridgehead atoms. The zero-order valence-electron chi connectivity index (χ0n) is 9.15. The van der Waals surface area contributed by atoms with Crippen LogP contribution in [0.4, 0.5) is 0 Å². The van der Waals surface area contributed by atoms with Crippen molar-refractivity contribution in [2.45, 2.75) is 10.4 Å². The van der Waals surface area contributed by atoms with Crippen LogP contribution in [-0.4, -0.2) is 25.9 Å². The molecule has 0 spiro atoms. The van der Waals surface area contributed by atoms with Gasteiger partial charge in [-0.1, -0.05) is 52.0 Å². The van der Waals surface area contributed by atoms with Crippen molar-refractivity contribution < 1.29 is 4.79 Å². The zero-order valence-corrected chi connectivity index (χ0v) is 11.6. The largest absolute Gasteiger partial charge is 0.272 e. The summed E-state index contributed by atoms with van der Waals surface area (Å²) in [6.45, 7) is 0. The summed E-state index contributed by atoms with van der Waals surface area (Å²) in [5.74, 6) is 0.00578. The summed E-state index contributed by atoms with van der Waals surface area (Å²) in [6.07, 6.45) is 5.29. The van der Waals surface area contributed by atoms with E-state index >= 15 is 0 Å². The van der Waals surface area contributed by atoms with Crippen LogP contribution in [0.25, 0.3) is 6.08 Å². The first kappa shape index (κ1) is 11.7. The molecule has 1 unspecified atom stereocenters. The van der Waals surface area contributed by atoms with E-state index in [1.807, 2.05) is 36.4 Å². The molecule has 0 radical (unpaired) electrons. The van der Waals surface area contributed by atoms with Crippen LogP contribution in [0.2, 0.25) is 0 Å². The monoisotopic (exact) mass is 321 g/mol. The van der Waals surface area contributed by atoms with Crippen molar-refractivity contribution in [2.75, 3.05) is 0 Å². The number of thioether (sulfide) groups is 1. The highest BCUT2D eigenvalue weighted by molar-refractivity contribution is 9.10. The molecule has 0 N–H and O–H groups in total. The Balaban J connectivity index is 1.79. The van der Waals surface area contributed by atoms with Crippen molar-refractivity contribution in [2.24, 2.45) is 0 Å². The lowest BCUT2D eigenvalue weighted by atomic mass is 10.2. The van der Waals surface area contributed by atoms with E-state index in [9.17, 15) is 4.79 Å². The van der Waals surface area contributed by atoms with Crippen LogP contribution in [0, 0.1) is 0 Å². The number of fused-ring (bicyclic) bond motifs is 1. The highest BCUT2D eigenvalue weighted by Crippen LogP contribution is 2.30. The van der Waals surface area contributed by atoms with Gasteiger partial charge < -0.3 is 0 Å². The van der Waals surface area contributed by atoms with E-state index in [1.165, 1.54) is 22.7 Å². The Morgan fingerprint density at radius 3 is 3.11 bits per heavy atom. The Bertz CT molecular complexity index is 638. The summed E-state index contributed by atoms with van der Waals surface area (Å²) in [5, 5.41) is 8.02. The van der Waals surface area contributed by atoms with Crippen molar-refractivity contribution in [3.05, 3.63) is 46.7 Å². The van der Waals surface area contributed by atoms with Crippen LogP contribution in [0.3, 0.4) is 0 Å². The summed E-state index contributed by atoms with van der Waals surface area (Å²) >= 11 is 4.83. The van der Waals surface area contributed by atoms with E-state index < -0.39 is 0 Å². The summed E-state index contributed by atoms with van der Waals surface area (Å²) in [5.41, 5.74) is 1.06. The van der Waals surface area contributed by atoms with Gasteiger partial charge in [0.05, 0.1) is 0 Å². The van der Waals surface area contributed by atoms with Crippen LogP contribution >= 0.6 is 27.7 Å². The molecule has 0 amide bonds. The number of aromatic nitrogens is 3. The maximum absolute atomic E-state index is 11.9. The molecule has 1 aromatic carbocycles. The van der Waals surface area contributed by atoms with Crippen molar-refractivity contribution >= 4 is 39.7 Å². The fraction of sp³-hybridized carbons (Fsp3) is 0.0833. The number of benzene rings is 1. The summed E-state index contributed by atoms with van der Waals surface area (Å²) in [4.78, 5) is 11.9. The van der Waals surface area contributed by atoms with Crippen LogP contribution < -0.4 is 0 Å². The Labute approximate surface area is 116 Å². The number of hydrogen-bond donors (Lipinski definition) is 0. The third kappa shape index (κ3) is 2.13. The van der Waals surface area contributed by atoms with Gasteiger partial charge in [-0.2, -0.15) is 0 Å². The smallest absolute Gasteiger partial charge is 0.251 e. The second-order valence-corrected chi connectivity index (χ2v) is 5.80. The number of rotatable bonds is 2. The molecular weight excluding hydrogens is 314 g/mol. The predicted octanol–water partition coefficient (Wildman–Crippen LogP) is 2.87. The number of nitrogens with zero attached hydrogens (tertiary/aromatic N) is 3. The molecule has 3 rings (SSSR count). The van der Waals surface area contributed by atoms with Crippen molar-refractivity contribution in [1.29, 1.82) is 0 Å². The number of carbonyl (C=O) groups excluding carboxylic acids is 1. The molecular formula is C12H8BrN3OS. The Morgan fingerprint density at radius 1 is 1.44 bits per heavy atom. The molecule has 6 heteroatoms. The van der Waals surface area contributed by atoms with E-state index in [4.69, 9.17) is 0 Å². The molecule has 2 aromatic rings. The summed E-state index contributed by atoms with van der Waals surface area (Å²) in [6, 6.07) is 7.92. The fourth-order valence-electron chi connectivity index (χ4n) is 1.69. The molecule has 18 heavy (non-hydrogen) atoms. The van der Waals surface area contributed by atoms with E-state index in [2.05, 4.69) is 26.1 Å². The van der Waals surface area contributed by atoms with Crippen LogP contribution in [0.1, 0.15) is 10.4 Å². The molecule has 1 aliphatic heterocycles. The standard InChI is InChI=1S/C12H8BrN3OS/c13-9-3-1-2-8(6-9)4-5-10-11(17)16-7-14-15-12(16)18-10/h1-7,10H/b5-4-. The second kappa shape index (κ2) is 4.70. The molecule has 4 nitrogen and oxygen atoms in total. The van der Waals surface area contributed by atoms with Gasteiger partial charge in [0.2, 0.25) is 0 Å². The summed E-state index contributed by atoms with van der Waals surface area (Å²) in [7, 11) is 0. The predicted molar refractivity (Wildman–Crippen MR) is 73.5 cm³/mol. The highest BCUT2D eigenvalue weighted by Gasteiger charge is 2.30. The molecule has 0 fully saturated rings. The third-order valence-electron chi connectivity index (χ3n) is 2.54. The van der Waals surface area contributed by atoms with E-state index in [1.54, 1.807) is 0 Å². The maximum Gasteiger partial charge on any atom is 0.251 e. The minimum absolute atomic E-state index is 0.00578. The average Bonchev–Trinajstić information content (AvgIpc) is 2.91. The van der Waals surface area contributed by atoms with Crippen LogP contribution in [0.15, 0.2) is 46.3 Å². The van der Waals surface area contributed by atoms with Gasteiger partial charge in [-0.05, 0) is 17.7 Å². The Hall–Kier alpha value is -1.40. The Kier molecular flexibility index (Phi) is 3.05. The molecule has 0 saturated carbocycles. The number of hydrogen-bond acceptors (Lipinski definition) is 4. The maximum atomic E-state index is 11.9. The van der Waals surface area contributed by atoms with Crippen molar-refractivity contribution in [3.8, 4) is 0 Å². The molecule has 1 aromatic heterocycles. The molecule has 1 aliphatic rings. The molecule has 90 valence electrons. The van der Waals surface area contributed by atoms with Gasteiger partial charge >= 0.3 is 0 Å². The van der Waals surface area contributed by atoms with E-state index in [0.29, 0.717) is 5.16 Å². The fourth-order valence-corrected chi connectivity index (χ4v) is 3.05. The lowest BCUT2D eigenvalue weighted by molar-refractivity contribution is 0.0921. The van der Waals surface area contributed by atoms with Crippen molar-refractivity contribution in [3.63, 3.8) is 0 Å². The van der Waals surface area contributed by atoms with Crippen LogP contribution in [-0.2, 0) is 0 Å². The minimum atomic E-state index is -0.213. The van der Waals surface area contributed by atoms with Gasteiger partial charge in [0.1, 0.15) is 11.6 Å². The van der Waals surface area contributed by atoms with E-state index in [0.717, 1.165) is 10.0 Å². The molecule has 1 atom stereocenters. The topological polar surface area (TPSA) is 47.8 Å². The molecule has 2 heterocycles. The number of halogens is 1. The quantitative estimate of drug-likeness (QED) is 0.853. The Morgan fingerprint density at radius 2 is 2.33 bits per heavy atom. The van der Waals surface area contributed by atoms with Gasteiger partial charge in [-0.3, -0.25) is 4.79 Å². The van der Waals surface area contributed by atoms with Crippen LogP contribution in [0.5, 0.6) is 0 Å². The lowest BCUT2D eigenvalue weighted by Crippen LogP contribution is -2.14. The van der Waals surface area contributed by atoms with E-state index in [-0.39, 0.29) is 11.2 Å². The summed E-state index contributed by atoms with van der Waals surface area (Å²) < 4.78 is 2.51. The van der Waals surface area contributed by atoms with Gasteiger partial charge in [0.15, 0.2) is 5.16 Å².